The van der Waals surface area contributed by atoms with E-state index in [2.05, 4.69) is 5.10 Å². The molecule has 0 aliphatic rings. The van der Waals surface area contributed by atoms with Crippen molar-refractivity contribution in [3.8, 4) is 22.9 Å². The van der Waals surface area contributed by atoms with Crippen LogP contribution < -0.4 is 15.0 Å². The standard InChI is InChI=1S/C33H27Cl3N4O5/c1-18(2)24-15-25(19(3)11-30(24)44-4)32-38-28-8-6-5-7-23(28)33(41)39(32)37-16-20-12-27(36)31(29(13-20)40(42)43)45-17-21-9-10-22(34)14-26(21)35/h5-16,18H,17H2,1-4H3. The van der Waals surface area contributed by atoms with Crippen LogP contribution in [-0.2, 0) is 6.61 Å². The number of nitro groups is 1. The Labute approximate surface area is 273 Å². The second-order valence-corrected chi connectivity index (χ2v) is 11.8. The van der Waals surface area contributed by atoms with Crippen molar-refractivity contribution in [3.05, 3.63) is 125 Å². The average Bonchev–Trinajstić information content (AvgIpc) is 3.00. The van der Waals surface area contributed by atoms with E-state index in [-0.39, 0.29) is 34.5 Å². The van der Waals surface area contributed by atoms with Gasteiger partial charge in [0, 0.05) is 32.8 Å². The number of methoxy groups -OCH3 is 1. The molecule has 4 aromatic carbocycles. The second-order valence-electron chi connectivity index (χ2n) is 10.5. The zero-order chi connectivity index (χ0) is 32.4. The van der Waals surface area contributed by atoms with Crippen LogP contribution in [0.1, 0.15) is 42.0 Å². The lowest BCUT2D eigenvalue weighted by Crippen LogP contribution is -2.20. The molecule has 0 fully saturated rings. The van der Waals surface area contributed by atoms with E-state index < -0.39 is 10.5 Å². The summed E-state index contributed by atoms with van der Waals surface area (Å²) in [6, 6.07) is 18.4. The third-order valence-electron chi connectivity index (χ3n) is 7.15. The maximum atomic E-state index is 13.8. The number of rotatable bonds is 9. The summed E-state index contributed by atoms with van der Waals surface area (Å²) in [5.74, 6) is 1.03. The molecule has 1 aromatic heterocycles. The molecule has 230 valence electrons. The summed E-state index contributed by atoms with van der Waals surface area (Å²) < 4.78 is 12.5. The van der Waals surface area contributed by atoms with Crippen molar-refractivity contribution in [2.24, 2.45) is 5.10 Å². The predicted octanol–water partition coefficient (Wildman–Crippen LogP) is 8.83. The Morgan fingerprint density at radius 2 is 1.80 bits per heavy atom. The third-order valence-corrected chi connectivity index (χ3v) is 8.01. The van der Waals surface area contributed by atoms with E-state index in [4.69, 9.17) is 49.3 Å². The number of nitrogens with zero attached hydrogens (tertiary/aromatic N) is 4. The first-order valence-corrected chi connectivity index (χ1v) is 14.9. The first-order valence-electron chi connectivity index (χ1n) is 13.8. The van der Waals surface area contributed by atoms with Gasteiger partial charge in [0.2, 0.25) is 5.75 Å². The molecule has 1 heterocycles. The lowest BCUT2D eigenvalue weighted by molar-refractivity contribution is -0.385. The SMILES string of the molecule is COc1cc(C)c(-c2nc3ccccc3c(=O)n2N=Cc2cc(Cl)c(OCc3ccc(Cl)cc3Cl)c([N+](=O)[O-])c2)cc1C(C)C. The van der Waals surface area contributed by atoms with Crippen molar-refractivity contribution in [3.63, 3.8) is 0 Å². The number of aryl methyl sites for hydroxylation is 1. The number of fused-ring (bicyclic) bond motifs is 1. The molecule has 0 N–H and O–H groups in total. The van der Waals surface area contributed by atoms with E-state index in [0.717, 1.165) is 16.9 Å². The highest BCUT2D eigenvalue weighted by atomic mass is 35.5. The van der Waals surface area contributed by atoms with Crippen molar-refractivity contribution in [2.45, 2.75) is 33.3 Å². The Morgan fingerprint density at radius 3 is 2.49 bits per heavy atom. The molecule has 0 atom stereocenters. The molecule has 0 aliphatic carbocycles. The predicted molar refractivity (Wildman–Crippen MR) is 179 cm³/mol. The summed E-state index contributed by atoms with van der Waals surface area (Å²) in [5.41, 5.74) is 3.00. The van der Waals surface area contributed by atoms with Gasteiger partial charge in [-0.25, -0.2) is 4.98 Å². The molecule has 0 amide bonds. The zero-order valence-electron chi connectivity index (χ0n) is 24.7. The minimum absolute atomic E-state index is 0.0208. The number of halogens is 3. The molecule has 12 heteroatoms. The molecule has 45 heavy (non-hydrogen) atoms. The quantitative estimate of drug-likeness (QED) is 0.0884. The highest BCUT2D eigenvalue weighted by molar-refractivity contribution is 6.35. The average molecular weight is 666 g/mol. The van der Waals surface area contributed by atoms with Gasteiger partial charge in [-0.1, -0.05) is 66.8 Å². The molecular formula is C33H27Cl3N4O5. The molecule has 5 aromatic rings. The van der Waals surface area contributed by atoms with Crippen LogP contribution in [0.2, 0.25) is 15.1 Å². The number of hydrogen-bond acceptors (Lipinski definition) is 7. The molecule has 0 saturated heterocycles. The minimum atomic E-state index is -0.606. The van der Waals surface area contributed by atoms with Crippen LogP contribution in [0, 0.1) is 17.0 Å². The van der Waals surface area contributed by atoms with E-state index in [1.54, 1.807) is 49.6 Å². The fraction of sp³-hybridized carbons (Fsp3) is 0.182. The van der Waals surface area contributed by atoms with Gasteiger partial charge >= 0.3 is 5.69 Å². The number of aromatic nitrogens is 2. The Kier molecular flexibility index (Phi) is 9.43. The van der Waals surface area contributed by atoms with Crippen LogP contribution in [-0.4, -0.2) is 27.9 Å². The molecular weight excluding hydrogens is 639 g/mol. The number of nitro benzene ring substituents is 1. The van der Waals surface area contributed by atoms with Crippen LogP contribution in [0.15, 0.2) is 76.6 Å². The van der Waals surface area contributed by atoms with Crippen molar-refractivity contribution < 1.29 is 14.4 Å². The zero-order valence-corrected chi connectivity index (χ0v) is 26.9. The van der Waals surface area contributed by atoms with Gasteiger partial charge < -0.3 is 9.47 Å². The lowest BCUT2D eigenvalue weighted by atomic mass is 9.96. The topological polar surface area (TPSA) is 109 Å². The summed E-state index contributed by atoms with van der Waals surface area (Å²) in [4.78, 5) is 30.0. The second kappa shape index (κ2) is 13.3. The van der Waals surface area contributed by atoms with Gasteiger partial charge in [0.15, 0.2) is 5.82 Å². The van der Waals surface area contributed by atoms with Gasteiger partial charge in [-0.15, -0.1) is 0 Å². The Bertz CT molecular complexity index is 2040. The maximum Gasteiger partial charge on any atom is 0.313 e. The van der Waals surface area contributed by atoms with Crippen molar-refractivity contribution in [2.75, 3.05) is 7.11 Å². The molecule has 9 nitrogen and oxygen atoms in total. The van der Waals surface area contributed by atoms with Crippen molar-refractivity contribution in [1.82, 2.24) is 9.66 Å². The minimum Gasteiger partial charge on any atom is -0.496 e. The first-order chi connectivity index (χ1) is 21.5. The normalized spacial score (nSPS) is 11.5. The number of ether oxygens (including phenoxy) is 2. The highest BCUT2D eigenvalue weighted by Crippen LogP contribution is 2.37. The molecule has 0 aliphatic heterocycles. The monoisotopic (exact) mass is 664 g/mol. The lowest BCUT2D eigenvalue weighted by Gasteiger charge is -2.17. The van der Waals surface area contributed by atoms with Crippen molar-refractivity contribution >= 4 is 57.6 Å². The van der Waals surface area contributed by atoms with Gasteiger partial charge in [0.05, 0.1) is 34.2 Å². The fourth-order valence-electron chi connectivity index (χ4n) is 4.84. The Hall–Kier alpha value is -4.44. The van der Waals surface area contributed by atoms with E-state index in [1.807, 2.05) is 32.9 Å². The summed E-state index contributed by atoms with van der Waals surface area (Å²) in [5, 5.41) is 17.7. The number of hydrogen-bond donors (Lipinski definition) is 0. The summed E-state index contributed by atoms with van der Waals surface area (Å²) >= 11 is 18.7. The molecule has 5 rings (SSSR count). The van der Waals surface area contributed by atoms with E-state index in [9.17, 15) is 14.9 Å². The van der Waals surface area contributed by atoms with Crippen LogP contribution in [0.5, 0.6) is 11.5 Å². The first kappa shape index (κ1) is 32.0. The fourth-order valence-corrected chi connectivity index (χ4v) is 5.58. The van der Waals surface area contributed by atoms with E-state index >= 15 is 0 Å². The number of para-hydroxylation sites is 1. The largest absolute Gasteiger partial charge is 0.496 e. The Balaban J connectivity index is 1.61. The van der Waals surface area contributed by atoms with Gasteiger partial charge in [-0.3, -0.25) is 14.9 Å². The maximum absolute atomic E-state index is 13.8. The van der Waals surface area contributed by atoms with Gasteiger partial charge in [-0.2, -0.15) is 9.78 Å². The molecule has 0 unspecified atom stereocenters. The summed E-state index contributed by atoms with van der Waals surface area (Å²) in [6.07, 6.45) is 1.32. The number of benzene rings is 4. The highest BCUT2D eigenvalue weighted by Gasteiger charge is 2.22. The van der Waals surface area contributed by atoms with Crippen LogP contribution in [0.4, 0.5) is 5.69 Å². The van der Waals surface area contributed by atoms with Crippen LogP contribution in [0.25, 0.3) is 22.3 Å². The molecule has 0 bridgehead atoms. The van der Waals surface area contributed by atoms with E-state index in [0.29, 0.717) is 37.9 Å². The Morgan fingerprint density at radius 1 is 1.04 bits per heavy atom. The van der Waals surface area contributed by atoms with Crippen LogP contribution in [0.3, 0.4) is 0 Å². The third kappa shape index (κ3) is 6.66. The van der Waals surface area contributed by atoms with Crippen LogP contribution >= 0.6 is 34.8 Å². The molecule has 0 spiro atoms. The van der Waals surface area contributed by atoms with Gasteiger partial charge in [-0.05, 0) is 66.4 Å². The molecule has 0 saturated carbocycles. The van der Waals surface area contributed by atoms with Gasteiger partial charge in [0.25, 0.3) is 5.56 Å². The summed E-state index contributed by atoms with van der Waals surface area (Å²) in [7, 11) is 1.61. The van der Waals surface area contributed by atoms with E-state index in [1.165, 1.54) is 23.0 Å². The molecule has 0 radical (unpaired) electrons. The van der Waals surface area contributed by atoms with Crippen molar-refractivity contribution in [1.29, 1.82) is 0 Å². The van der Waals surface area contributed by atoms with Gasteiger partial charge in [0.1, 0.15) is 12.4 Å². The summed E-state index contributed by atoms with van der Waals surface area (Å²) in [6.45, 7) is 5.91. The smallest absolute Gasteiger partial charge is 0.313 e.